The summed E-state index contributed by atoms with van der Waals surface area (Å²) < 4.78 is 26.8. The van der Waals surface area contributed by atoms with Crippen molar-refractivity contribution in [2.45, 2.75) is 26.3 Å². The minimum atomic E-state index is -0.504. The largest absolute Gasteiger partial charge is 0.349 e. The number of amides is 1. The normalized spacial score (nSPS) is 12.3. The number of hydrogen-bond acceptors (Lipinski definition) is 1. The van der Waals surface area contributed by atoms with Gasteiger partial charge in [0.15, 0.2) is 0 Å². The number of halogens is 3. The molecule has 0 aliphatic rings. The van der Waals surface area contributed by atoms with E-state index in [-0.39, 0.29) is 40.7 Å². The van der Waals surface area contributed by atoms with Crippen LogP contribution in [0.3, 0.4) is 0 Å². The Hall–Kier alpha value is -1.94. The summed E-state index contributed by atoms with van der Waals surface area (Å²) in [6.07, 6.45) is -0.143. The van der Waals surface area contributed by atoms with Crippen molar-refractivity contribution < 1.29 is 13.6 Å². The summed E-state index contributed by atoms with van der Waals surface area (Å²) in [5, 5.41) is 3.09. The second-order valence-electron chi connectivity index (χ2n) is 5.72. The van der Waals surface area contributed by atoms with Crippen molar-refractivity contribution in [3.8, 4) is 0 Å². The van der Waals surface area contributed by atoms with Crippen LogP contribution in [0.1, 0.15) is 31.0 Å². The van der Waals surface area contributed by atoms with Crippen LogP contribution in [0, 0.1) is 17.6 Å². The maximum atomic E-state index is 13.8. The van der Waals surface area contributed by atoms with Gasteiger partial charge in [-0.15, -0.1) is 0 Å². The molecule has 0 saturated carbocycles. The minimum Gasteiger partial charge on any atom is -0.349 e. The lowest BCUT2D eigenvalue weighted by Crippen LogP contribution is -2.33. The van der Waals surface area contributed by atoms with E-state index in [1.54, 1.807) is 18.2 Å². The molecule has 0 aromatic heterocycles. The van der Waals surface area contributed by atoms with Gasteiger partial charge in [0, 0.05) is 10.6 Å². The predicted octanol–water partition coefficient (Wildman–Crippen LogP) is 4.67. The molecule has 23 heavy (non-hydrogen) atoms. The zero-order valence-electron chi connectivity index (χ0n) is 12.9. The van der Waals surface area contributed by atoms with Crippen molar-refractivity contribution in [1.82, 2.24) is 5.32 Å². The first-order valence-corrected chi connectivity index (χ1v) is 7.74. The van der Waals surface area contributed by atoms with Crippen molar-refractivity contribution in [1.29, 1.82) is 0 Å². The molecule has 0 spiro atoms. The van der Waals surface area contributed by atoms with Crippen molar-refractivity contribution in [3.63, 3.8) is 0 Å². The van der Waals surface area contributed by atoms with E-state index in [1.807, 2.05) is 13.8 Å². The van der Waals surface area contributed by atoms with Crippen LogP contribution in [0.4, 0.5) is 8.78 Å². The highest BCUT2D eigenvalue weighted by molar-refractivity contribution is 6.31. The molecule has 0 bridgehead atoms. The van der Waals surface area contributed by atoms with E-state index >= 15 is 0 Å². The van der Waals surface area contributed by atoms with Gasteiger partial charge >= 0.3 is 0 Å². The maximum Gasteiger partial charge on any atom is 0.225 e. The molecule has 2 rings (SSSR count). The predicted molar refractivity (Wildman–Crippen MR) is 87.2 cm³/mol. The molecule has 0 heterocycles. The molecule has 1 amide bonds. The lowest BCUT2D eigenvalue weighted by atomic mass is 9.95. The molecule has 2 aromatic rings. The minimum absolute atomic E-state index is 0.0977. The van der Waals surface area contributed by atoms with Crippen LogP contribution in [0.15, 0.2) is 42.5 Å². The van der Waals surface area contributed by atoms with E-state index in [9.17, 15) is 13.6 Å². The number of nitrogens with one attached hydrogen (secondary N) is 1. The average molecular weight is 338 g/mol. The molecule has 0 aliphatic heterocycles. The van der Waals surface area contributed by atoms with Crippen LogP contribution >= 0.6 is 11.6 Å². The van der Waals surface area contributed by atoms with Crippen LogP contribution in [-0.4, -0.2) is 5.91 Å². The lowest BCUT2D eigenvalue weighted by molar-refractivity contribution is -0.121. The van der Waals surface area contributed by atoms with Gasteiger partial charge in [-0.3, -0.25) is 4.79 Å². The molecular formula is C18H18ClF2NO. The van der Waals surface area contributed by atoms with E-state index in [0.717, 1.165) is 5.56 Å². The number of hydrogen-bond donors (Lipinski definition) is 1. The van der Waals surface area contributed by atoms with E-state index in [1.165, 1.54) is 24.3 Å². The number of rotatable bonds is 5. The summed E-state index contributed by atoms with van der Waals surface area (Å²) in [5.74, 6) is -1.07. The Morgan fingerprint density at radius 2 is 1.78 bits per heavy atom. The summed E-state index contributed by atoms with van der Waals surface area (Å²) in [6, 6.07) is 10.0. The molecule has 2 nitrogen and oxygen atoms in total. The third kappa shape index (κ3) is 4.52. The molecular weight excluding hydrogens is 320 g/mol. The zero-order valence-corrected chi connectivity index (χ0v) is 13.7. The Morgan fingerprint density at radius 1 is 1.13 bits per heavy atom. The molecule has 2 aromatic carbocycles. The van der Waals surface area contributed by atoms with Gasteiger partial charge in [-0.25, -0.2) is 8.78 Å². The molecule has 122 valence electrons. The average Bonchev–Trinajstić information content (AvgIpc) is 2.49. The van der Waals surface area contributed by atoms with Gasteiger partial charge in [-0.1, -0.05) is 43.6 Å². The SMILES string of the molecule is CC(C)[C@H](NC(=O)Cc1c(F)cccc1Cl)c1ccc(F)cc1. The van der Waals surface area contributed by atoms with Gasteiger partial charge in [-0.05, 0) is 35.7 Å². The van der Waals surface area contributed by atoms with Crippen LogP contribution in [-0.2, 0) is 11.2 Å². The lowest BCUT2D eigenvalue weighted by Gasteiger charge is -2.23. The number of benzene rings is 2. The van der Waals surface area contributed by atoms with Gasteiger partial charge in [0.25, 0.3) is 0 Å². The van der Waals surface area contributed by atoms with E-state index < -0.39 is 5.82 Å². The second-order valence-corrected chi connectivity index (χ2v) is 6.12. The highest BCUT2D eigenvalue weighted by atomic mass is 35.5. The molecule has 1 N–H and O–H groups in total. The summed E-state index contributed by atoms with van der Waals surface area (Å²) in [4.78, 5) is 12.3. The highest BCUT2D eigenvalue weighted by Gasteiger charge is 2.20. The van der Waals surface area contributed by atoms with Crippen LogP contribution in [0.2, 0.25) is 5.02 Å². The topological polar surface area (TPSA) is 29.1 Å². The Kier molecular flexibility index (Phi) is 5.72. The third-order valence-corrected chi connectivity index (χ3v) is 3.97. The standard InChI is InChI=1S/C18H18ClF2NO/c1-11(2)18(12-6-8-13(20)9-7-12)22-17(23)10-14-15(19)4-3-5-16(14)21/h3-9,11,18H,10H2,1-2H3,(H,22,23)/t18-/m0/s1. The van der Waals surface area contributed by atoms with Crippen molar-refractivity contribution >= 4 is 17.5 Å². The Balaban J connectivity index is 2.14. The molecule has 1 atom stereocenters. The fourth-order valence-electron chi connectivity index (χ4n) is 2.39. The van der Waals surface area contributed by atoms with Gasteiger partial charge in [0.05, 0.1) is 12.5 Å². The maximum absolute atomic E-state index is 13.8. The first kappa shape index (κ1) is 17.4. The first-order valence-electron chi connectivity index (χ1n) is 7.36. The van der Waals surface area contributed by atoms with E-state index in [2.05, 4.69) is 5.32 Å². The van der Waals surface area contributed by atoms with E-state index in [4.69, 9.17) is 11.6 Å². The molecule has 0 radical (unpaired) electrons. The molecule has 0 fully saturated rings. The monoisotopic (exact) mass is 337 g/mol. The van der Waals surface area contributed by atoms with Crippen LogP contribution < -0.4 is 5.32 Å². The summed E-state index contributed by atoms with van der Waals surface area (Å²) in [7, 11) is 0. The fraction of sp³-hybridized carbons (Fsp3) is 0.278. The Bertz CT molecular complexity index is 666. The van der Waals surface area contributed by atoms with E-state index in [0.29, 0.717) is 0 Å². The summed E-state index contributed by atoms with van der Waals surface area (Å²) in [5.41, 5.74) is 0.975. The first-order chi connectivity index (χ1) is 10.9. The highest BCUT2D eigenvalue weighted by Crippen LogP contribution is 2.23. The van der Waals surface area contributed by atoms with Crippen molar-refractivity contribution in [2.75, 3.05) is 0 Å². The Morgan fingerprint density at radius 3 is 2.35 bits per heavy atom. The third-order valence-electron chi connectivity index (χ3n) is 3.61. The Labute approximate surface area is 139 Å². The summed E-state index contributed by atoms with van der Waals surface area (Å²) >= 11 is 5.95. The van der Waals surface area contributed by atoms with Crippen LogP contribution in [0.5, 0.6) is 0 Å². The molecule has 0 saturated heterocycles. The molecule has 0 aliphatic carbocycles. The van der Waals surface area contributed by atoms with Gasteiger partial charge in [-0.2, -0.15) is 0 Å². The van der Waals surface area contributed by atoms with Crippen molar-refractivity contribution in [2.24, 2.45) is 5.92 Å². The van der Waals surface area contributed by atoms with Crippen molar-refractivity contribution in [3.05, 3.63) is 70.2 Å². The molecule has 5 heteroatoms. The molecule has 0 unspecified atom stereocenters. The summed E-state index contributed by atoms with van der Waals surface area (Å²) in [6.45, 7) is 3.90. The smallest absolute Gasteiger partial charge is 0.225 e. The fourth-order valence-corrected chi connectivity index (χ4v) is 2.62. The van der Waals surface area contributed by atoms with Gasteiger partial charge in [0.1, 0.15) is 11.6 Å². The zero-order chi connectivity index (χ0) is 17.0. The van der Waals surface area contributed by atoms with Gasteiger partial charge in [0.2, 0.25) is 5.91 Å². The van der Waals surface area contributed by atoms with Gasteiger partial charge < -0.3 is 5.32 Å². The second kappa shape index (κ2) is 7.55. The van der Waals surface area contributed by atoms with Crippen LogP contribution in [0.25, 0.3) is 0 Å². The number of carbonyl (C=O) groups excluding carboxylic acids is 1. The quantitative estimate of drug-likeness (QED) is 0.843. The number of carbonyl (C=O) groups is 1.